The van der Waals surface area contributed by atoms with Crippen LogP contribution in [0.5, 0.6) is 0 Å². The Kier molecular flexibility index (Phi) is 4.38. The summed E-state index contributed by atoms with van der Waals surface area (Å²) in [5, 5.41) is 3.53. The van der Waals surface area contributed by atoms with Crippen molar-refractivity contribution in [3.63, 3.8) is 0 Å². The smallest absolute Gasteiger partial charge is 0.222 e. The minimum Gasteiger partial charge on any atom is -0.340 e. The van der Waals surface area contributed by atoms with Crippen LogP contribution in [-0.4, -0.2) is 60.5 Å². The molecule has 0 aromatic carbocycles. The van der Waals surface area contributed by atoms with Gasteiger partial charge in [0.05, 0.1) is 0 Å². The van der Waals surface area contributed by atoms with Gasteiger partial charge in [0.25, 0.3) is 0 Å². The average molecular weight is 265 g/mol. The van der Waals surface area contributed by atoms with Crippen molar-refractivity contribution in [1.29, 1.82) is 0 Å². The molecule has 19 heavy (non-hydrogen) atoms. The molecule has 1 amide bonds. The lowest BCUT2D eigenvalue weighted by Gasteiger charge is -2.35. The number of hydrogen-bond acceptors (Lipinski definition) is 3. The van der Waals surface area contributed by atoms with E-state index >= 15 is 0 Å². The van der Waals surface area contributed by atoms with E-state index in [2.05, 4.69) is 15.1 Å². The lowest BCUT2D eigenvalue weighted by Crippen LogP contribution is -2.49. The van der Waals surface area contributed by atoms with Gasteiger partial charge in [-0.25, -0.2) is 0 Å². The first kappa shape index (κ1) is 13.4. The maximum absolute atomic E-state index is 12.2. The van der Waals surface area contributed by atoms with Crippen molar-refractivity contribution >= 4 is 5.91 Å². The number of nitrogens with zero attached hydrogens (tertiary/aromatic N) is 2. The number of nitrogens with one attached hydrogen (secondary N) is 1. The molecule has 1 atom stereocenters. The Labute approximate surface area is 116 Å². The van der Waals surface area contributed by atoms with Gasteiger partial charge in [0.2, 0.25) is 5.91 Å². The minimum atomic E-state index is 0.378. The molecule has 3 aliphatic rings. The first-order valence-electron chi connectivity index (χ1n) is 8.08. The fraction of sp³-hybridized carbons (Fsp3) is 0.933. The van der Waals surface area contributed by atoms with E-state index in [0.717, 1.165) is 51.6 Å². The molecule has 0 aromatic rings. The average Bonchev–Trinajstić information content (AvgIpc) is 3.31. The Balaban J connectivity index is 1.35. The summed E-state index contributed by atoms with van der Waals surface area (Å²) in [5.74, 6) is 0.378. The summed E-state index contributed by atoms with van der Waals surface area (Å²) in [6.07, 6.45) is 8.40. The molecule has 4 heteroatoms. The fourth-order valence-corrected chi connectivity index (χ4v) is 3.40. The van der Waals surface area contributed by atoms with Crippen LogP contribution in [0, 0.1) is 0 Å². The molecule has 3 fully saturated rings. The first-order chi connectivity index (χ1) is 9.33. The van der Waals surface area contributed by atoms with Gasteiger partial charge < -0.3 is 10.2 Å². The van der Waals surface area contributed by atoms with E-state index in [9.17, 15) is 4.79 Å². The van der Waals surface area contributed by atoms with Gasteiger partial charge in [-0.15, -0.1) is 0 Å². The van der Waals surface area contributed by atoms with Gasteiger partial charge in [0.15, 0.2) is 0 Å². The van der Waals surface area contributed by atoms with Crippen LogP contribution in [-0.2, 0) is 4.79 Å². The Morgan fingerprint density at radius 1 is 1.05 bits per heavy atom. The summed E-state index contributed by atoms with van der Waals surface area (Å²) in [5.41, 5.74) is 0. The van der Waals surface area contributed by atoms with Gasteiger partial charge in [-0.2, -0.15) is 0 Å². The van der Waals surface area contributed by atoms with E-state index < -0.39 is 0 Å². The predicted octanol–water partition coefficient (Wildman–Crippen LogP) is 1.22. The van der Waals surface area contributed by atoms with Crippen LogP contribution in [0.15, 0.2) is 0 Å². The normalized spacial score (nSPS) is 29.5. The zero-order valence-corrected chi connectivity index (χ0v) is 11.9. The molecule has 4 nitrogen and oxygen atoms in total. The molecule has 108 valence electrons. The second kappa shape index (κ2) is 6.23. The summed E-state index contributed by atoms with van der Waals surface area (Å²) in [7, 11) is 0. The third-order valence-corrected chi connectivity index (χ3v) is 4.85. The molecule has 0 radical (unpaired) electrons. The van der Waals surface area contributed by atoms with Crippen molar-refractivity contribution in [2.45, 2.75) is 57.0 Å². The van der Waals surface area contributed by atoms with Crippen LogP contribution in [0.1, 0.15) is 44.9 Å². The third-order valence-electron chi connectivity index (χ3n) is 4.85. The van der Waals surface area contributed by atoms with E-state index in [1.54, 1.807) is 0 Å². The van der Waals surface area contributed by atoms with Gasteiger partial charge in [-0.05, 0) is 38.6 Å². The van der Waals surface area contributed by atoms with Crippen LogP contribution in [0.3, 0.4) is 0 Å². The van der Waals surface area contributed by atoms with E-state index in [0.29, 0.717) is 11.9 Å². The molecule has 0 aromatic heterocycles. The molecule has 2 aliphatic heterocycles. The molecule has 1 aliphatic carbocycles. The molecule has 2 saturated heterocycles. The van der Waals surface area contributed by atoms with Crippen molar-refractivity contribution in [3.8, 4) is 0 Å². The van der Waals surface area contributed by atoms with E-state index in [1.165, 1.54) is 32.1 Å². The first-order valence-corrected chi connectivity index (χ1v) is 8.08. The van der Waals surface area contributed by atoms with Gasteiger partial charge in [0.1, 0.15) is 0 Å². The second-order valence-corrected chi connectivity index (χ2v) is 6.33. The third kappa shape index (κ3) is 3.69. The minimum absolute atomic E-state index is 0.378. The number of carbonyl (C=O) groups excluding carboxylic acids is 1. The van der Waals surface area contributed by atoms with Gasteiger partial charge in [-0.1, -0.05) is 6.42 Å². The second-order valence-electron chi connectivity index (χ2n) is 6.33. The van der Waals surface area contributed by atoms with Crippen molar-refractivity contribution in [2.75, 3.05) is 32.7 Å². The molecule has 2 heterocycles. The summed E-state index contributed by atoms with van der Waals surface area (Å²) < 4.78 is 0. The SMILES string of the molecule is O=C(CCC1CCCCN1)N1CCN(C2CC2)CC1. The number of piperidine rings is 1. The summed E-state index contributed by atoms with van der Waals surface area (Å²) in [6.45, 7) is 5.23. The Morgan fingerprint density at radius 3 is 2.47 bits per heavy atom. The molecule has 0 bridgehead atoms. The van der Waals surface area contributed by atoms with Crippen molar-refractivity contribution in [3.05, 3.63) is 0 Å². The topological polar surface area (TPSA) is 35.6 Å². The highest BCUT2D eigenvalue weighted by molar-refractivity contribution is 5.76. The van der Waals surface area contributed by atoms with Gasteiger partial charge >= 0.3 is 0 Å². The zero-order valence-electron chi connectivity index (χ0n) is 11.9. The van der Waals surface area contributed by atoms with Gasteiger partial charge in [0, 0.05) is 44.7 Å². The fourth-order valence-electron chi connectivity index (χ4n) is 3.40. The Bertz CT molecular complexity index is 303. The Hall–Kier alpha value is -0.610. The highest BCUT2D eigenvalue weighted by Gasteiger charge is 2.32. The molecule has 1 unspecified atom stereocenters. The Morgan fingerprint density at radius 2 is 1.84 bits per heavy atom. The molecular formula is C15H27N3O. The number of amides is 1. The number of carbonyl (C=O) groups is 1. The summed E-state index contributed by atoms with van der Waals surface area (Å²) in [6, 6.07) is 1.44. The molecule has 1 N–H and O–H groups in total. The molecular weight excluding hydrogens is 238 g/mol. The van der Waals surface area contributed by atoms with E-state index in [1.807, 2.05) is 0 Å². The van der Waals surface area contributed by atoms with Gasteiger partial charge in [-0.3, -0.25) is 9.69 Å². The molecule has 3 rings (SSSR count). The predicted molar refractivity (Wildman–Crippen MR) is 76.1 cm³/mol. The lowest BCUT2D eigenvalue weighted by atomic mass is 10.0. The highest BCUT2D eigenvalue weighted by Crippen LogP contribution is 2.27. The number of hydrogen-bond donors (Lipinski definition) is 1. The quantitative estimate of drug-likeness (QED) is 0.830. The standard InChI is InChI=1S/C15H27N3O/c19-15(7-4-13-3-1-2-8-16-13)18-11-9-17(10-12-18)14-5-6-14/h13-14,16H,1-12H2. The van der Waals surface area contributed by atoms with Crippen molar-refractivity contribution < 1.29 is 4.79 Å². The van der Waals surface area contributed by atoms with Crippen molar-refractivity contribution in [2.24, 2.45) is 0 Å². The molecule has 1 saturated carbocycles. The largest absolute Gasteiger partial charge is 0.340 e. The van der Waals surface area contributed by atoms with Crippen molar-refractivity contribution in [1.82, 2.24) is 15.1 Å². The van der Waals surface area contributed by atoms with Crippen LogP contribution in [0.4, 0.5) is 0 Å². The number of piperazine rings is 1. The highest BCUT2D eigenvalue weighted by atomic mass is 16.2. The van der Waals surface area contributed by atoms with Crippen LogP contribution >= 0.6 is 0 Å². The monoisotopic (exact) mass is 265 g/mol. The van der Waals surface area contributed by atoms with Crippen LogP contribution in [0.25, 0.3) is 0 Å². The molecule has 0 spiro atoms. The number of rotatable bonds is 4. The maximum Gasteiger partial charge on any atom is 0.222 e. The lowest BCUT2D eigenvalue weighted by molar-refractivity contribution is -0.133. The zero-order chi connectivity index (χ0) is 13.1. The summed E-state index contributed by atoms with van der Waals surface area (Å²) >= 11 is 0. The van der Waals surface area contributed by atoms with Crippen LogP contribution in [0.2, 0.25) is 0 Å². The maximum atomic E-state index is 12.2. The summed E-state index contributed by atoms with van der Waals surface area (Å²) in [4.78, 5) is 16.9. The van der Waals surface area contributed by atoms with E-state index in [-0.39, 0.29) is 0 Å². The van der Waals surface area contributed by atoms with Crippen LogP contribution < -0.4 is 5.32 Å². The van der Waals surface area contributed by atoms with E-state index in [4.69, 9.17) is 0 Å².